The zero-order valence-corrected chi connectivity index (χ0v) is 16.8. The van der Waals surface area contributed by atoms with E-state index in [4.69, 9.17) is 4.74 Å². The molecular weight excluding hydrogens is 352 g/mol. The largest absolute Gasteiger partial charge is 0.382 e. The topological polar surface area (TPSA) is 67.4 Å². The molecule has 5 heteroatoms. The minimum absolute atomic E-state index is 0.0875. The van der Waals surface area contributed by atoms with E-state index in [0.29, 0.717) is 25.3 Å². The number of carbonyl (C=O) groups is 2. The van der Waals surface area contributed by atoms with Gasteiger partial charge in [0, 0.05) is 31.0 Å². The van der Waals surface area contributed by atoms with Gasteiger partial charge < -0.3 is 15.4 Å². The molecular formula is C23H32N2O3. The van der Waals surface area contributed by atoms with Crippen molar-refractivity contribution in [1.29, 1.82) is 0 Å². The fourth-order valence-electron chi connectivity index (χ4n) is 5.98. The minimum Gasteiger partial charge on any atom is -0.382 e. The third kappa shape index (κ3) is 4.09. The molecule has 28 heavy (non-hydrogen) atoms. The van der Waals surface area contributed by atoms with E-state index >= 15 is 0 Å². The van der Waals surface area contributed by atoms with Crippen molar-refractivity contribution < 1.29 is 14.3 Å². The summed E-state index contributed by atoms with van der Waals surface area (Å²) in [7, 11) is 0. The van der Waals surface area contributed by atoms with Gasteiger partial charge in [0.25, 0.3) is 5.91 Å². The standard InChI is InChI=1S/C23H32N2O3/c1-2-28-9-3-8-24-21(26)19-4-6-20(7-5-19)25-22(27)23-13-16-10-17(14-23)12-18(11-16)15-23/h4-7,16-18H,2-3,8-15H2,1H3,(H,24,26)(H,25,27). The van der Waals surface area contributed by atoms with Crippen LogP contribution in [0.15, 0.2) is 24.3 Å². The van der Waals surface area contributed by atoms with E-state index in [1.807, 2.05) is 19.1 Å². The van der Waals surface area contributed by atoms with E-state index in [1.165, 1.54) is 19.3 Å². The van der Waals surface area contributed by atoms with Crippen LogP contribution in [0.1, 0.15) is 62.2 Å². The number of anilines is 1. The van der Waals surface area contributed by atoms with Gasteiger partial charge in [-0.2, -0.15) is 0 Å². The molecule has 0 atom stereocenters. The zero-order valence-electron chi connectivity index (χ0n) is 16.8. The van der Waals surface area contributed by atoms with Gasteiger partial charge >= 0.3 is 0 Å². The molecule has 5 rings (SSSR count). The van der Waals surface area contributed by atoms with E-state index < -0.39 is 0 Å². The van der Waals surface area contributed by atoms with Crippen LogP contribution in [-0.4, -0.2) is 31.6 Å². The number of ether oxygens (including phenoxy) is 1. The summed E-state index contributed by atoms with van der Waals surface area (Å²) in [6.45, 7) is 3.92. The number of rotatable bonds is 8. The van der Waals surface area contributed by atoms with Crippen molar-refractivity contribution in [3.63, 3.8) is 0 Å². The van der Waals surface area contributed by atoms with Gasteiger partial charge in [-0.3, -0.25) is 9.59 Å². The smallest absolute Gasteiger partial charge is 0.251 e. The molecule has 4 saturated carbocycles. The first-order chi connectivity index (χ1) is 13.6. The maximum absolute atomic E-state index is 13.1. The Bertz CT molecular complexity index is 678. The molecule has 0 heterocycles. The van der Waals surface area contributed by atoms with Crippen LogP contribution in [0.3, 0.4) is 0 Å². The number of carbonyl (C=O) groups excluding carboxylic acids is 2. The van der Waals surface area contributed by atoms with Crippen LogP contribution < -0.4 is 10.6 Å². The second-order valence-corrected chi connectivity index (χ2v) is 9.04. The highest BCUT2D eigenvalue weighted by Crippen LogP contribution is 2.60. The predicted octanol–water partition coefficient (Wildman–Crippen LogP) is 4.00. The number of hydrogen-bond donors (Lipinski definition) is 2. The van der Waals surface area contributed by atoms with Crippen molar-refractivity contribution in [3.8, 4) is 0 Å². The van der Waals surface area contributed by atoms with E-state index in [9.17, 15) is 9.59 Å². The van der Waals surface area contributed by atoms with E-state index in [0.717, 1.165) is 49.1 Å². The van der Waals surface area contributed by atoms with Crippen LogP contribution >= 0.6 is 0 Å². The summed E-state index contributed by atoms with van der Waals surface area (Å²) in [6, 6.07) is 7.25. The highest BCUT2D eigenvalue weighted by molar-refractivity contribution is 5.97. The summed E-state index contributed by atoms with van der Waals surface area (Å²) in [4.78, 5) is 25.3. The Labute approximate surface area is 167 Å². The van der Waals surface area contributed by atoms with Crippen molar-refractivity contribution >= 4 is 17.5 Å². The van der Waals surface area contributed by atoms with Gasteiger partial charge in [0.1, 0.15) is 0 Å². The van der Waals surface area contributed by atoms with Gasteiger partial charge in [-0.05, 0) is 93.9 Å². The second-order valence-electron chi connectivity index (χ2n) is 9.04. The number of amides is 2. The summed E-state index contributed by atoms with van der Waals surface area (Å²) < 4.78 is 5.27. The molecule has 4 bridgehead atoms. The molecule has 1 aromatic carbocycles. The molecule has 1 aromatic rings. The van der Waals surface area contributed by atoms with Crippen LogP contribution in [0.2, 0.25) is 0 Å². The van der Waals surface area contributed by atoms with E-state index in [2.05, 4.69) is 10.6 Å². The third-order valence-corrected chi connectivity index (χ3v) is 6.88. The lowest BCUT2D eigenvalue weighted by molar-refractivity contribution is -0.140. The molecule has 152 valence electrons. The Morgan fingerprint density at radius 2 is 1.64 bits per heavy atom. The number of hydrogen-bond acceptors (Lipinski definition) is 3. The number of nitrogens with one attached hydrogen (secondary N) is 2. The average molecular weight is 385 g/mol. The first kappa shape index (κ1) is 19.4. The van der Waals surface area contributed by atoms with E-state index in [1.54, 1.807) is 12.1 Å². The van der Waals surface area contributed by atoms with Crippen molar-refractivity contribution in [3.05, 3.63) is 29.8 Å². The monoisotopic (exact) mass is 384 g/mol. The van der Waals surface area contributed by atoms with Gasteiger partial charge in [-0.15, -0.1) is 0 Å². The Morgan fingerprint density at radius 1 is 1.04 bits per heavy atom. The highest BCUT2D eigenvalue weighted by Gasteiger charge is 2.54. The van der Waals surface area contributed by atoms with Crippen molar-refractivity contribution in [2.45, 2.75) is 51.9 Å². The molecule has 4 aliphatic rings. The molecule has 0 unspecified atom stereocenters. The van der Waals surface area contributed by atoms with Crippen LogP contribution in [-0.2, 0) is 9.53 Å². The molecule has 2 amide bonds. The van der Waals surface area contributed by atoms with Gasteiger partial charge in [0.15, 0.2) is 0 Å². The fourth-order valence-corrected chi connectivity index (χ4v) is 5.98. The molecule has 5 nitrogen and oxygen atoms in total. The highest BCUT2D eigenvalue weighted by atomic mass is 16.5. The molecule has 0 radical (unpaired) electrons. The van der Waals surface area contributed by atoms with E-state index in [-0.39, 0.29) is 17.2 Å². The molecule has 4 aliphatic carbocycles. The molecule has 2 N–H and O–H groups in total. The summed E-state index contributed by atoms with van der Waals surface area (Å²) in [5.74, 6) is 2.37. The molecule has 0 saturated heterocycles. The maximum atomic E-state index is 13.1. The van der Waals surface area contributed by atoms with Crippen molar-refractivity contribution in [1.82, 2.24) is 5.32 Å². The van der Waals surface area contributed by atoms with Gasteiger partial charge in [0.05, 0.1) is 5.41 Å². The van der Waals surface area contributed by atoms with Gasteiger partial charge in [-0.25, -0.2) is 0 Å². The molecule has 0 aliphatic heterocycles. The Hall–Kier alpha value is -1.88. The SMILES string of the molecule is CCOCCCNC(=O)c1ccc(NC(=O)C23CC4CC(CC(C4)C2)C3)cc1. The van der Waals surface area contributed by atoms with Crippen LogP contribution in [0, 0.1) is 23.2 Å². The number of benzene rings is 1. The van der Waals surface area contributed by atoms with Crippen molar-refractivity contribution in [2.24, 2.45) is 23.2 Å². The van der Waals surface area contributed by atoms with Gasteiger partial charge in [0.2, 0.25) is 5.91 Å². The lowest BCUT2D eigenvalue weighted by atomic mass is 9.49. The lowest BCUT2D eigenvalue weighted by Crippen LogP contribution is -2.51. The predicted molar refractivity (Wildman–Crippen MR) is 109 cm³/mol. The summed E-state index contributed by atoms with van der Waals surface area (Å²) in [5.41, 5.74) is 1.25. The fraction of sp³-hybridized carbons (Fsp3) is 0.652. The summed E-state index contributed by atoms with van der Waals surface area (Å²) in [6.07, 6.45) is 7.99. The van der Waals surface area contributed by atoms with Crippen molar-refractivity contribution in [2.75, 3.05) is 25.1 Å². The van der Waals surface area contributed by atoms with Crippen LogP contribution in [0.25, 0.3) is 0 Å². The maximum Gasteiger partial charge on any atom is 0.251 e. The Morgan fingerprint density at radius 3 is 2.21 bits per heavy atom. The second kappa shape index (κ2) is 8.24. The quantitative estimate of drug-likeness (QED) is 0.666. The average Bonchev–Trinajstić information content (AvgIpc) is 2.67. The third-order valence-electron chi connectivity index (χ3n) is 6.88. The zero-order chi connectivity index (χ0) is 19.6. The molecule has 0 aromatic heterocycles. The van der Waals surface area contributed by atoms with Crippen LogP contribution in [0.4, 0.5) is 5.69 Å². The van der Waals surface area contributed by atoms with Gasteiger partial charge in [-0.1, -0.05) is 0 Å². The minimum atomic E-state index is -0.147. The summed E-state index contributed by atoms with van der Waals surface area (Å²) in [5, 5.41) is 6.05. The molecule has 0 spiro atoms. The normalized spacial score (nSPS) is 30.2. The molecule has 4 fully saturated rings. The Balaban J connectivity index is 1.31. The van der Waals surface area contributed by atoms with Crippen LogP contribution in [0.5, 0.6) is 0 Å². The lowest BCUT2D eigenvalue weighted by Gasteiger charge is -2.55. The summed E-state index contributed by atoms with van der Waals surface area (Å²) >= 11 is 0. The Kier molecular flexibility index (Phi) is 5.72. The first-order valence-corrected chi connectivity index (χ1v) is 10.9. The first-order valence-electron chi connectivity index (χ1n) is 10.9.